The number of nitrogens with one attached hydrogen (secondary N) is 3. The molecular formula is C25H27Cl2N3O3. The number of anilines is 1. The summed E-state index contributed by atoms with van der Waals surface area (Å²) in [7, 11) is 1.55. The molecule has 0 aliphatic heterocycles. The highest BCUT2D eigenvalue weighted by molar-refractivity contribution is 6.35. The maximum atomic E-state index is 13.1. The Labute approximate surface area is 203 Å². The maximum absolute atomic E-state index is 13.1. The van der Waals surface area contributed by atoms with Crippen LogP contribution in [0, 0.1) is 5.92 Å². The first-order chi connectivity index (χ1) is 15.8. The van der Waals surface area contributed by atoms with E-state index in [1.54, 1.807) is 49.5 Å². The van der Waals surface area contributed by atoms with Crippen LogP contribution < -0.4 is 16.0 Å². The average Bonchev–Trinajstić information content (AvgIpc) is 3.26. The number of halogens is 2. The van der Waals surface area contributed by atoms with Crippen molar-refractivity contribution in [1.29, 1.82) is 0 Å². The zero-order chi connectivity index (χ0) is 24.0. The number of carbonyl (C=O) groups is 2. The van der Waals surface area contributed by atoms with Crippen LogP contribution in [0.3, 0.4) is 0 Å². The lowest BCUT2D eigenvalue weighted by molar-refractivity contribution is -0.118. The van der Waals surface area contributed by atoms with Crippen LogP contribution in [0.2, 0.25) is 10.0 Å². The van der Waals surface area contributed by atoms with Gasteiger partial charge in [0, 0.05) is 17.6 Å². The molecule has 0 radical (unpaired) electrons. The van der Waals surface area contributed by atoms with E-state index in [0.29, 0.717) is 51.3 Å². The monoisotopic (exact) mass is 487 g/mol. The van der Waals surface area contributed by atoms with Gasteiger partial charge in [-0.25, -0.2) is 0 Å². The predicted molar refractivity (Wildman–Crippen MR) is 133 cm³/mol. The largest absolute Gasteiger partial charge is 0.460 e. The van der Waals surface area contributed by atoms with E-state index in [2.05, 4.69) is 16.0 Å². The van der Waals surface area contributed by atoms with Gasteiger partial charge in [0.15, 0.2) is 0 Å². The second-order valence-electron chi connectivity index (χ2n) is 8.07. The minimum atomic E-state index is -0.481. The molecule has 8 heteroatoms. The third-order valence-corrected chi connectivity index (χ3v) is 5.62. The molecule has 0 saturated heterocycles. The normalized spacial score (nSPS) is 11.9. The van der Waals surface area contributed by atoms with Crippen molar-refractivity contribution in [3.05, 3.63) is 76.0 Å². The highest BCUT2D eigenvalue weighted by Gasteiger charge is 2.22. The van der Waals surface area contributed by atoms with Crippen LogP contribution in [-0.4, -0.2) is 24.9 Å². The van der Waals surface area contributed by atoms with Crippen LogP contribution in [0.1, 0.15) is 36.4 Å². The van der Waals surface area contributed by atoms with Crippen molar-refractivity contribution in [3.8, 4) is 11.3 Å². The third-order valence-electron chi connectivity index (χ3n) is 5.06. The first-order valence-corrected chi connectivity index (χ1v) is 11.4. The van der Waals surface area contributed by atoms with Gasteiger partial charge in [-0.15, -0.1) is 0 Å². The van der Waals surface area contributed by atoms with Crippen LogP contribution in [0.25, 0.3) is 11.3 Å². The van der Waals surface area contributed by atoms with Crippen molar-refractivity contribution in [3.63, 3.8) is 0 Å². The molecule has 6 nitrogen and oxygen atoms in total. The Morgan fingerprint density at radius 1 is 1.03 bits per heavy atom. The molecule has 174 valence electrons. The summed E-state index contributed by atoms with van der Waals surface area (Å²) >= 11 is 12.4. The number of benzene rings is 2. The van der Waals surface area contributed by atoms with Crippen molar-refractivity contribution in [2.24, 2.45) is 5.92 Å². The molecule has 33 heavy (non-hydrogen) atoms. The van der Waals surface area contributed by atoms with Gasteiger partial charge in [-0.3, -0.25) is 14.9 Å². The quantitative estimate of drug-likeness (QED) is 0.358. The van der Waals surface area contributed by atoms with E-state index >= 15 is 0 Å². The highest BCUT2D eigenvalue weighted by Crippen LogP contribution is 2.31. The summed E-state index contributed by atoms with van der Waals surface area (Å²) in [5.74, 6) is 1.06. The molecule has 0 spiro atoms. The zero-order valence-corrected chi connectivity index (χ0v) is 20.3. The first-order valence-electron chi connectivity index (χ1n) is 10.7. The molecular weight excluding hydrogens is 461 g/mol. The molecule has 1 heterocycles. The van der Waals surface area contributed by atoms with Gasteiger partial charge in [0.2, 0.25) is 5.91 Å². The molecule has 0 fully saturated rings. The average molecular weight is 488 g/mol. The summed E-state index contributed by atoms with van der Waals surface area (Å²) < 4.78 is 5.93. The maximum Gasteiger partial charge on any atom is 0.253 e. The van der Waals surface area contributed by atoms with Gasteiger partial charge in [-0.2, -0.15) is 0 Å². The third kappa shape index (κ3) is 6.60. The van der Waals surface area contributed by atoms with Crippen molar-refractivity contribution >= 4 is 40.7 Å². The fourth-order valence-corrected chi connectivity index (χ4v) is 3.81. The Morgan fingerprint density at radius 3 is 2.52 bits per heavy atom. The van der Waals surface area contributed by atoms with E-state index in [-0.39, 0.29) is 17.7 Å². The topological polar surface area (TPSA) is 83.4 Å². The molecule has 3 N–H and O–H groups in total. The molecule has 2 aromatic carbocycles. The number of hydrogen-bond acceptors (Lipinski definition) is 4. The van der Waals surface area contributed by atoms with E-state index in [1.807, 2.05) is 26.0 Å². The fraction of sp³-hybridized carbons (Fsp3) is 0.280. The molecule has 0 bridgehead atoms. The lowest BCUT2D eigenvalue weighted by Crippen LogP contribution is -2.41. The first kappa shape index (κ1) is 24.8. The summed E-state index contributed by atoms with van der Waals surface area (Å²) in [4.78, 5) is 25.2. The standard InChI is InChI=1S/C25H27Cl2N3O3/c1-15(2)12-22(25(32)30-21-7-5-4-6-18(21)24(31)28-3)29-14-17-9-11-23(33-17)19-13-16(26)8-10-20(19)27/h4-11,13,15,22,29H,12,14H2,1-3H3,(H,28,31)(H,30,32)/t22-/m0/s1. The van der Waals surface area contributed by atoms with Crippen LogP contribution >= 0.6 is 23.2 Å². The Bertz CT molecular complexity index is 1130. The van der Waals surface area contributed by atoms with Crippen LogP contribution in [-0.2, 0) is 11.3 Å². The summed E-state index contributed by atoms with van der Waals surface area (Å²) in [5.41, 5.74) is 1.58. The van der Waals surface area contributed by atoms with Crippen molar-refractivity contribution in [1.82, 2.24) is 10.6 Å². The minimum absolute atomic E-state index is 0.218. The van der Waals surface area contributed by atoms with Crippen molar-refractivity contribution < 1.29 is 14.0 Å². The molecule has 3 rings (SSSR count). The fourth-order valence-electron chi connectivity index (χ4n) is 3.43. The minimum Gasteiger partial charge on any atom is -0.460 e. The van der Waals surface area contributed by atoms with Crippen LogP contribution in [0.5, 0.6) is 0 Å². The van der Waals surface area contributed by atoms with Crippen molar-refractivity contribution in [2.75, 3.05) is 12.4 Å². The summed E-state index contributed by atoms with van der Waals surface area (Å²) in [5, 5.41) is 9.86. The number of hydrogen-bond donors (Lipinski definition) is 3. The number of amides is 2. The lowest BCUT2D eigenvalue weighted by atomic mass is 10.0. The van der Waals surface area contributed by atoms with E-state index in [1.165, 1.54) is 0 Å². The van der Waals surface area contributed by atoms with E-state index in [0.717, 1.165) is 0 Å². The Morgan fingerprint density at radius 2 is 1.79 bits per heavy atom. The van der Waals surface area contributed by atoms with E-state index < -0.39 is 6.04 Å². The summed E-state index contributed by atoms with van der Waals surface area (Å²) in [6.45, 7) is 4.44. The Hall–Kier alpha value is -2.80. The Kier molecular flexibility index (Phi) is 8.55. The van der Waals surface area contributed by atoms with Crippen LogP contribution in [0.15, 0.2) is 59.0 Å². The second kappa shape index (κ2) is 11.4. The molecule has 0 aliphatic carbocycles. The van der Waals surface area contributed by atoms with Crippen molar-refractivity contribution in [2.45, 2.75) is 32.9 Å². The number of carbonyl (C=O) groups excluding carboxylic acids is 2. The SMILES string of the molecule is CNC(=O)c1ccccc1NC(=O)[C@H](CC(C)C)NCc1ccc(-c2cc(Cl)ccc2Cl)o1. The van der Waals surface area contributed by atoms with Gasteiger partial charge < -0.3 is 15.1 Å². The van der Waals surface area contributed by atoms with Gasteiger partial charge in [-0.05, 0) is 54.8 Å². The molecule has 3 aromatic rings. The smallest absolute Gasteiger partial charge is 0.253 e. The molecule has 0 aliphatic rings. The molecule has 1 atom stereocenters. The highest BCUT2D eigenvalue weighted by atomic mass is 35.5. The van der Waals surface area contributed by atoms with E-state index in [4.69, 9.17) is 27.6 Å². The lowest BCUT2D eigenvalue weighted by Gasteiger charge is -2.20. The predicted octanol–water partition coefficient (Wildman–Crippen LogP) is 5.76. The van der Waals surface area contributed by atoms with Gasteiger partial charge in [-0.1, -0.05) is 49.2 Å². The van der Waals surface area contributed by atoms with Gasteiger partial charge in [0.1, 0.15) is 11.5 Å². The Balaban J connectivity index is 1.72. The number of para-hydroxylation sites is 1. The zero-order valence-electron chi connectivity index (χ0n) is 18.7. The van der Waals surface area contributed by atoms with Gasteiger partial charge in [0.25, 0.3) is 5.91 Å². The summed E-state index contributed by atoms with van der Waals surface area (Å²) in [6.07, 6.45) is 0.613. The van der Waals surface area contributed by atoms with Gasteiger partial charge >= 0.3 is 0 Å². The summed E-state index contributed by atoms with van der Waals surface area (Å²) in [6, 6.07) is 15.3. The molecule has 0 unspecified atom stereocenters. The number of furan rings is 1. The molecule has 2 amide bonds. The second-order valence-corrected chi connectivity index (χ2v) is 8.91. The van der Waals surface area contributed by atoms with E-state index in [9.17, 15) is 9.59 Å². The van der Waals surface area contributed by atoms with Gasteiger partial charge in [0.05, 0.1) is 28.9 Å². The van der Waals surface area contributed by atoms with Crippen LogP contribution in [0.4, 0.5) is 5.69 Å². The molecule has 0 saturated carbocycles. The number of rotatable bonds is 9. The molecule has 1 aromatic heterocycles.